The molecule has 0 saturated heterocycles. The van der Waals surface area contributed by atoms with Gasteiger partial charge in [0.1, 0.15) is 0 Å². The van der Waals surface area contributed by atoms with Crippen molar-refractivity contribution in [3.05, 3.63) is 114 Å². The Morgan fingerprint density at radius 2 is 1.71 bits per heavy atom. The molecule has 168 valence electrons. The quantitative estimate of drug-likeness (QED) is 0.382. The Kier molecular flexibility index (Phi) is 5.99. The molecule has 7 nitrogen and oxygen atoms in total. The van der Waals surface area contributed by atoms with E-state index < -0.39 is 0 Å². The van der Waals surface area contributed by atoms with Crippen LogP contribution < -0.4 is 5.32 Å². The Hall–Kier alpha value is -4.52. The average Bonchev–Trinajstić information content (AvgIpc) is 3.55. The molecule has 0 atom stereocenters. The fraction of sp³-hybridized carbons (Fsp3) is 0.111. The lowest BCUT2D eigenvalue weighted by Crippen LogP contribution is -2.23. The van der Waals surface area contributed by atoms with Crippen LogP contribution in [0.3, 0.4) is 0 Å². The minimum Gasteiger partial charge on any atom is -0.348 e. The summed E-state index contributed by atoms with van der Waals surface area (Å²) in [7, 11) is 0. The topological polar surface area (TPSA) is 85.8 Å². The summed E-state index contributed by atoms with van der Waals surface area (Å²) in [4.78, 5) is 17.0. The van der Waals surface area contributed by atoms with Crippen LogP contribution in [-0.2, 0) is 13.1 Å². The maximum absolute atomic E-state index is 12.7. The molecule has 0 bridgehead atoms. The van der Waals surface area contributed by atoms with Gasteiger partial charge in [-0.3, -0.25) is 9.48 Å². The first-order valence-electron chi connectivity index (χ1n) is 11.0. The second kappa shape index (κ2) is 9.54. The van der Waals surface area contributed by atoms with Crippen LogP contribution in [0.25, 0.3) is 22.6 Å². The van der Waals surface area contributed by atoms with Crippen molar-refractivity contribution in [3.8, 4) is 22.6 Å². The molecule has 1 amide bonds. The SMILES string of the molecule is Cc1noc(-c2ccc(C(=O)NCc3ccccc3-c3ccc(Cn4cccn4)cc3)cc2)n1. The molecule has 1 N–H and O–H groups in total. The summed E-state index contributed by atoms with van der Waals surface area (Å²) in [5, 5.41) is 11.1. The molecule has 5 aromatic rings. The first kappa shape index (κ1) is 21.3. The van der Waals surface area contributed by atoms with E-state index in [0.717, 1.165) is 28.8 Å². The van der Waals surface area contributed by atoms with Gasteiger partial charge in [-0.1, -0.05) is 53.7 Å². The second-order valence-electron chi connectivity index (χ2n) is 7.96. The Morgan fingerprint density at radius 1 is 0.941 bits per heavy atom. The van der Waals surface area contributed by atoms with E-state index in [1.165, 1.54) is 5.56 Å². The summed E-state index contributed by atoms with van der Waals surface area (Å²) in [6.45, 7) is 2.92. The Morgan fingerprint density at radius 3 is 2.41 bits per heavy atom. The molecule has 3 aromatic carbocycles. The van der Waals surface area contributed by atoms with Gasteiger partial charge in [-0.15, -0.1) is 0 Å². The smallest absolute Gasteiger partial charge is 0.257 e. The van der Waals surface area contributed by atoms with Crippen LogP contribution in [0.4, 0.5) is 0 Å². The van der Waals surface area contributed by atoms with Gasteiger partial charge >= 0.3 is 0 Å². The lowest BCUT2D eigenvalue weighted by Gasteiger charge is -2.12. The summed E-state index contributed by atoms with van der Waals surface area (Å²) in [5.74, 6) is 0.870. The molecular formula is C27H23N5O2. The number of amides is 1. The highest BCUT2D eigenvalue weighted by atomic mass is 16.5. The molecular weight excluding hydrogens is 426 g/mol. The van der Waals surface area contributed by atoms with Crippen molar-refractivity contribution in [1.29, 1.82) is 0 Å². The minimum atomic E-state index is -0.141. The van der Waals surface area contributed by atoms with Crippen LogP contribution in [0, 0.1) is 6.92 Å². The van der Waals surface area contributed by atoms with Crippen LogP contribution >= 0.6 is 0 Å². The van der Waals surface area contributed by atoms with E-state index in [-0.39, 0.29) is 5.91 Å². The molecule has 0 saturated carbocycles. The molecule has 2 heterocycles. The number of benzene rings is 3. The predicted molar refractivity (Wildman–Crippen MR) is 129 cm³/mol. The van der Waals surface area contributed by atoms with Gasteiger partial charge in [0, 0.05) is 30.1 Å². The Labute approximate surface area is 197 Å². The fourth-order valence-corrected chi connectivity index (χ4v) is 3.78. The first-order valence-corrected chi connectivity index (χ1v) is 11.0. The van der Waals surface area contributed by atoms with Gasteiger partial charge in [0.2, 0.25) is 0 Å². The highest BCUT2D eigenvalue weighted by molar-refractivity contribution is 5.94. The number of rotatable bonds is 7. The molecule has 0 aliphatic carbocycles. The summed E-state index contributed by atoms with van der Waals surface area (Å²) < 4.78 is 7.08. The van der Waals surface area contributed by atoms with Gasteiger partial charge in [-0.25, -0.2) is 0 Å². The molecule has 34 heavy (non-hydrogen) atoms. The van der Waals surface area contributed by atoms with Gasteiger partial charge in [-0.05, 0) is 59.5 Å². The molecule has 0 fully saturated rings. The highest BCUT2D eigenvalue weighted by Crippen LogP contribution is 2.24. The number of aryl methyl sites for hydroxylation is 1. The number of nitrogens with zero attached hydrogens (tertiary/aromatic N) is 4. The molecule has 2 aromatic heterocycles. The molecule has 0 aliphatic heterocycles. The van der Waals surface area contributed by atoms with Crippen LogP contribution in [0.5, 0.6) is 0 Å². The predicted octanol–water partition coefficient (Wildman–Crippen LogP) is 4.89. The fourth-order valence-electron chi connectivity index (χ4n) is 3.78. The lowest BCUT2D eigenvalue weighted by molar-refractivity contribution is 0.0951. The number of aromatic nitrogens is 4. The van der Waals surface area contributed by atoms with E-state index in [2.05, 4.69) is 50.9 Å². The number of nitrogens with one attached hydrogen (secondary N) is 1. The van der Waals surface area contributed by atoms with Crippen LogP contribution in [0.1, 0.15) is 27.3 Å². The van der Waals surface area contributed by atoms with Crippen molar-refractivity contribution >= 4 is 5.91 Å². The molecule has 0 unspecified atom stereocenters. The van der Waals surface area contributed by atoms with E-state index in [0.29, 0.717) is 23.8 Å². The summed E-state index contributed by atoms with van der Waals surface area (Å²) in [6.07, 6.45) is 3.73. The molecule has 5 rings (SSSR count). The average molecular weight is 450 g/mol. The van der Waals surface area contributed by atoms with Gasteiger partial charge in [0.15, 0.2) is 5.82 Å². The van der Waals surface area contributed by atoms with E-state index in [9.17, 15) is 4.79 Å². The highest BCUT2D eigenvalue weighted by Gasteiger charge is 2.11. The number of hydrogen-bond donors (Lipinski definition) is 1. The van der Waals surface area contributed by atoms with Crippen LogP contribution in [0.15, 0.2) is 95.8 Å². The van der Waals surface area contributed by atoms with Gasteiger partial charge in [-0.2, -0.15) is 10.1 Å². The van der Waals surface area contributed by atoms with E-state index in [1.54, 1.807) is 37.4 Å². The van der Waals surface area contributed by atoms with E-state index >= 15 is 0 Å². The number of carbonyl (C=O) groups excluding carboxylic acids is 1. The van der Waals surface area contributed by atoms with Gasteiger partial charge in [0.25, 0.3) is 11.8 Å². The van der Waals surface area contributed by atoms with Crippen LogP contribution in [-0.4, -0.2) is 25.8 Å². The summed E-state index contributed by atoms with van der Waals surface area (Å²) >= 11 is 0. The summed E-state index contributed by atoms with van der Waals surface area (Å²) in [6, 6.07) is 25.6. The van der Waals surface area contributed by atoms with Gasteiger partial charge < -0.3 is 9.84 Å². The normalized spacial score (nSPS) is 10.9. The zero-order valence-electron chi connectivity index (χ0n) is 18.7. The van der Waals surface area contributed by atoms with Crippen molar-refractivity contribution in [3.63, 3.8) is 0 Å². The minimum absolute atomic E-state index is 0.141. The van der Waals surface area contributed by atoms with Crippen molar-refractivity contribution in [2.45, 2.75) is 20.0 Å². The molecule has 0 spiro atoms. The molecule has 0 radical (unpaired) electrons. The summed E-state index contributed by atoms with van der Waals surface area (Å²) in [5.41, 5.74) is 5.77. The van der Waals surface area contributed by atoms with E-state index in [1.807, 2.05) is 35.1 Å². The lowest BCUT2D eigenvalue weighted by atomic mass is 9.98. The van der Waals surface area contributed by atoms with Crippen LogP contribution in [0.2, 0.25) is 0 Å². The monoisotopic (exact) mass is 449 g/mol. The third-order valence-electron chi connectivity index (χ3n) is 5.55. The molecule has 7 heteroatoms. The van der Waals surface area contributed by atoms with Crippen molar-refractivity contribution in [2.24, 2.45) is 0 Å². The number of carbonyl (C=O) groups is 1. The van der Waals surface area contributed by atoms with Gasteiger partial charge in [0.05, 0.1) is 6.54 Å². The van der Waals surface area contributed by atoms with E-state index in [4.69, 9.17) is 4.52 Å². The third-order valence-corrected chi connectivity index (χ3v) is 5.55. The molecule has 0 aliphatic rings. The maximum atomic E-state index is 12.7. The van der Waals surface area contributed by atoms with Crippen molar-refractivity contribution in [2.75, 3.05) is 0 Å². The Bertz CT molecular complexity index is 1390. The van der Waals surface area contributed by atoms with Crippen molar-refractivity contribution < 1.29 is 9.32 Å². The van der Waals surface area contributed by atoms with Crippen molar-refractivity contribution in [1.82, 2.24) is 25.2 Å². The largest absolute Gasteiger partial charge is 0.348 e. The Balaban J connectivity index is 1.26. The zero-order chi connectivity index (χ0) is 23.3. The first-order chi connectivity index (χ1) is 16.7. The standard InChI is InChI=1S/C27H23N5O2/c1-19-30-27(34-31-19)23-13-11-22(12-14-23)26(33)28-17-24-5-2-3-6-25(24)21-9-7-20(8-10-21)18-32-16-4-15-29-32/h2-16H,17-18H2,1H3,(H,28,33). The third kappa shape index (κ3) is 4.78. The second-order valence-corrected chi connectivity index (χ2v) is 7.96. The maximum Gasteiger partial charge on any atom is 0.257 e. The number of hydrogen-bond acceptors (Lipinski definition) is 5. The zero-order valence-corrected chi connectivity index (χ0v) is 18.7.